The van der Waals surface area contributed by atoms with Crippen LogP contribution in [0.3, 0.4) is 0 Å². The van der Waals surface area contributed by atoms with Gasteiger partial charge >= 0.3 is 6.03 Å². The number of hydrogen-bond acceptors (Lipinski definition) is 4. The van der Waals surface area contributed by atoms with Gasteiger partial charge in [-0.1, -0.05) is 6.07 Å². The molecule has 3 rings (SSSR count). The van der Waals surface area contributed by atoms with E-state index in [0.717, 1.165) is 11.3 Å². The third-order valence-electron chi connectivity index (χ3n) is 3.17. The summed E-state index contributed by atoms with van der Waals surface area (Å²) in [7, 11) is 0. The van der Waals surface area contributed by atoms with Gasteiger partial charge < -0.3 is 20.1 Å². The lowest BCUT2D eigenvalue weighted by Gasteiger charge is -2.21. The standard InChI is InChI=1S/C14H16N4O3/c1-9(17-14(19)18-11-7-15-16-8-11)10-2-3-12-13(6-10)21-5-4-20-12/h2-3,6-9H,4-5H2,1H3,(H,15,16)(H2,17,18,19)/t9-/m0/s1. The van der Waals surface area contributed by atoms with Gasteiger partial charge in [0.15, 0.2) is 11.5 Å². The van der Waals surface area contributed by atoms with Crippen molar-refractivity contribution in [3.05, 3.63) is 36.2 Å². The van der Waals surface area contributed by atoms with E-state index in [0.29, 0.717) is 24.7 Å². The molecule has 1 aromatic heterocycles. The van der Waals surface area contributed by atoms with Crippen molar-refractivity contribution in [1.82, 2.24) is 15.5 Å². The summed E-state index contributed by atoms with van der Waals surface area (Å²) >= 11 is 0. The molecule has 1 aliphatic rings. The number of fused-ring (bicyclic) bond motifs is 1. The third kappa shape index (κ3) is 3.07. The highest BCUT2D eigenvalue weighted by molar-refractivity contribution is 5.89. The summed E-state index contributed by atoms with van der Waals surface area (Å²) in [6.07, 6.45) is 3.14. The van der Waals surface area contributed by atoms with E-state index in [1.807, 2.05) is 25.1 Å². The topological polar surface area (TPSA) is 88.3 Å². The molecule has 0 spiro atoms. The second kappa shape index (κ2) is 5.74. The summed E-state index contributed by atoms with van der Waals surface area (Å²) in [6.45, 7) is 3.01. The molecular formula is C14H16N4O3. The number of H-pyrrole nitrogens is 1. The molecule has 0 radical (unpaired) electrons. The number of aromatic nitrogens is 2. The van der Waals surface area contributed by atoms with Gasteiger partial charge in [-0.25, -0.2) is 4.79 Å². The number of aromatic amines is 1. The van der Waals surface area contributed by atoms with Gasteiger partial charge in [0.1, 0.15) is 13.2 Å². The Kier molecular flexibility index (Phi) is 3.63. The number of benzene rings is 1. The number of ether oxygens (including phenoxy) is 2. The fourth-order valence-electron chi connectivity index (χ4n) is 2.10. The van der Waals surface area contributed by atoms with E-state index in [1.54, 1.807) is 6.20 Å². The normalized spacial score (nSPS) is 14.3. The van der Waals surface area contributed by atoms with Crippen LogP contribution in [-0.4, -0.2) is 29.4 Å². The minimum atomic E-state index is -0.293. The zero-order valence-electron chi connectivity index (χ0n) is 11.6. The van der Waals surface area contributed by atoms with Crippen LogP contribution in [0.2, 0.25) is 0 Å². The third-order valence-corrected chi connectivity index (χ3v) is 3.17. The van der Waals surface area contributed by atoms with Gasteiger partial charge in [-0.05, 0) is 24.6 Å². The number of urea groups is 1. The van der Waals surface area contributed by atoms with Crippen molar-refractivity contribution in [2.24, 2.45) is 0 Å². The lowest BCUT2D eigenvalue weighted by molar-refractivity contribution is 0.171. The summed E-state index contributed by atoms with van der Waals surface area (Å²) < 4.78 is 11.0. The van der Waals surface area contributed by atoms with Crippen LogP contribution < -0.4 is 20.1 Å². The Bertz CT molecular complexity index is 627. The minimum Gasteiger partial charge on any atom is -0.486 e. The van der Waals surface area contributed by atoms with Crippen molar-refractivity contribution >= 4 is 11.7 Å². The number of hydrogen-bond donors (Lipinski definition) is 3. The van der Waals surface area contributed by atoms with Gasteiger partial charge in [0, 0.05) is 6.20 Å². The van der Waals surface area contributed by atoms with Gasteiger partial charge in [-0.2, -0.15) is 5.10 Å². The molecular weight excluding hydrogens is 272 g/mol. The van der Waals surface area contributed by atoms with Gasteiger partial charge in [0.2, 0.25) is 0 Å². The van der Waals surface area contributed by atoms with Crippen LogP contribution >= 0.6 is 0 Å². The number of amides is 2. The second-order valence-corrected chi connectivity index (χ2v) is 4.71. The summed E-state index contributed by atoms with van der Waals surface area (Å²) in [5, 5.41) is 11.9. The predicted octanol–water partition coefficient (Wildman–Crippen LogP) is 2.06. The quantitative estimate of drug-likeness (QED) is 0.806. The molecule has 0 fully saturated rings. The minimum absolute atomic E-state index is 0.160. The monoisotopic (exact) mass is 288 g/mol. The van der Waals surface area contributed by atoms with E-state index < -0.39 is 0 Å². The second-order valence-electron chi connectivity index (χ2n) is 4.71. The Labute approximate surface area is 121 Å². The van der Waals surface area contributed by atoms with Crippen molar-refractivity contribution in [1.29, 1.82) is 0 Å². The largest absolute Gasteiger partial charge is 0.486 e. The molecule has 0 unspecified atom stereocenters. The Morgan fingerprint density at radius 1 is 1.33 bits per heavy atom. The molecule has 7 nitrogen and oxygen atoms in total. The highest BCUT2D eigenvalue weighted by Crippen LogP contribution is 2.32. The first-order valence-corrected chi connectivity index (χ1v) is 6.68. The van der Waals surface area contributed by atoms with Crippen molar-refractivity contribution < 1.29 is 14.3 Å². The Morgan fingerprint density at radius 2 is 2.14 bits per heavy atom. The smallest absolute Gasteiger partial charge is 0.319 e. The van der Waals surface area contributed by atoms with E-state index in [1.165, 1.54) is 6.20 Å². The molecule has 1 aliphatic heterocycles. The van der Waals surface area contributed by atoms with Crippen LogP contribution in [0.15, 0.2) is 30.6 Å². The molecule has 1 atom stereocenters. The number of nitrogens with one attached hydrogen (secondary N) is 3. The van der Waals surface area contributed by atoms with Gasteiger partial charge in [-0.15, -0.1) is 0 Å². The highest BCUT2D eigenvalue weighted by atomic mass is 16.6. The SMILES string of the molecule is C[C@H](NC(=O)Nc1cn[nH]c1)c1ccc2c(c1)OCCO2. The van der Waals surface area contributed by atoms with Crippen LogP contribution in [-0.2, 0) is 0 Å². The van der Waals surface area contributed by atoms with Crippen molar-refractivity contribution in [3.8, 4) is 11.5 Å². The fraction of sp³-hybridized carbons (Fsp3) is 0.286. The van der Waals surface area contributed by atoms with Crippen molar-refractivity contribution in [2.75, 3.05) is 18.5 Å². The van der Waals surface area contributed by atoms with Crippen LogP contribution in [0.25, 0.3) is 0 Å². The van der Waals surface area contributed by atoms with Crippen LogP contribution in [0.5, 0.6) is 11.5 Å². The molecule has 3 N–H and O–H groups in total. The molecule has 2 heterocycles. The summed E-state index contributed by atoms with van der Waals surface area (Å²) in [4.78, 5) is 11.9. The number of anilines is 1. The van der Waals surface area contributed by atoms with E-state index in [2.05, 4.69) is 20.8 Å². The van der Waals surface area contributed by atoms with Gasteiger partial charge in [0.25, 0.3) is 0 Å². The Hall–Kier alpha value is -2.70. The molecule has 0 saturated carbocycles. The van der Waals surface area contributed by atoms with E-state index in [-0.39, 0.29) is 12.1 Å². The first-order chi connectivity index (χ1) is 10.2. The van der Waals surface area contributed by atoms with E-state index in [9.17, 15) is 4.79 Å². The number of carbonyl (C=O) groups is 1. The van der Waals surface area contributed by atoms with Gasteiger partial charge in [0.05, 0.1) is 17.9 Å². The Balaban J connectivity index is 1.64. The first kappa shape index (κ1) is 13.3. The maximum atomic E-state index is 11.9. The Morgan fingerprint density at radius 3 is 2.90 bits per heavy atom. The summed E-state index contributed by atoms with van der Waals surface area (Å²) in [5.74, 6) is 1.45. The van der Waals surface area contributed by atoms with Crippen molar-refractivity contribution in [2.45, 2.75) is 13.0 Å². The van der Waals surface area contributed by atoms with Gasteiger partial charge in [-0.3, -0.25) is 5.10 Å². The van der Waals surface area contributed by atoms with Crippen LogP contribution in [0.4, 0.5) is 10.5 Å². The maximum absolute atomic E-state index is 11.9. The number of rotatable bonds is 3. The molecule has 0 saturated heterocycles. The van der Waals surface area contributed by atoms with Crippen LogP contribution in [0, 0.1) is 0 Å². The average Bonchev–Trinajstić information content (AvgIpc) is 2.99. The lowest BCUT2D eigenvalue weighted by atomic mass is 10.1. The molecule has 1 aromatic carbocycles. The number of carbonyl (C=O) groups excluding carboxylic acids is 1. The first-order valence-electron chi connectivity index (χ1n) is 6.68. The zero-order chi connectivity index (χ0) is 14.7. The summed E-state index contributed by atoms with van der Waals surface area (Å²) in [6, 6.07) is 5.20. The molecule has 2 aromatic rings. The number of nitrogens with zero attached hydrogens (tertiary/aromatic N) is 1. The van der Waals surface area contributed by atoms with Crippen molar-refractivity contribution in [3.63, 3.8) is 0 Å². The highest BCUT2D eigenvalue weighted by Gasteiger charge is 2.15. The molecule has 0 bridgehead atoms. The molecule has 2 amide bonds. The predicted molar refractivity (Wildman–Crippen MR) is 76.6 cm³/mol. The fourth-order valence-corrected chi connectivity index (χ4v) is 2.10. The average molecular weight is 288 g/mol. The molecule has 110 valence electrons. The molecule has 7 heteroatoms. The molecule has 21 heavy (non-hydrogen) atoms. The maximum Gasteiger partial charge on any atom is 0.319 e. The van der Waals surface area contributed by atoms with E-state index >= 15 is 0 Å². The van der Waals surface area contributed by atoms with E-state index in [4.69, 9.17) is 9.47 Å². The zero-order valence-corrected chi connectivity index (χ0v) is 11.6. The molecule has 0 aliphatic carbocycles. The lowest BCUT2D eigenvalue weighted by Crippen LogP contribution is -2.31. The summed E-state index contributed by atoms with van der Waals surface area (Å²) in [5.41, 5.74) is 1.56. The van der Waals surface area contributed by atoms with Crippen LogP contribution in [0.1, 0.15) is 18.5 Å².